The molecule has 0 radical (unpaired) electrons. The van der Waals surface area contributed by atoms with E-state index in [0.717, 1.165) is 23.8 Å². The molecule has 0 aliphatic carbocycles. The van der Waals surface area contributed by atoms with Crippen LogP contribution < -0.4 is 10.5 Å². The van der Waals surface area contributed by atoms with Crippen molar-refractivity contribution in [3.05, 3.63) is 57.5 Å². The zero-order valence-corrected chi connectivity index (χ0v) is 18.4. The second-order valence-corrected chi connectivity index (χ2v) is 9.69. The van der Waals surface area contributed by atoms with E-state index in [1.165, 1.54) is 35.7 Å². The zero-order valence-electron chi connectivity index (χ0n) is 16.8. The maximum Gasteiger partial charge on any atom is 0.420 e. The summed E-state index contributed by atoms with van der Waals surface area (Å²) in [6.07, 6.45) is 2.65. The fourth-order valence-corrected chi connectivity index (χ4v) is 5.44. The average molecular weight is 465 g/mol. The van der Waals surface area contributed by atoms with Crippen LogP contribution in [-0.4, -0.2) is 43.3 Å². The van der Waals surface area contributed by atoms with Crippen LogP contribution in [-0.2, 0) is 16.6 Å². The maximum absolute atomic E-state index is 12.9. The van der Waals surface area contributed by atoms with Gasteiger partial charge in [-0.25, -0.2) is 13.2 Å². The largest absolute Gasteiger partial charge is 0.496 e. The van der Waals surface area contributed by atoms with Gasteiger partial charge >= 0.3 is 5.76 Å². The summed E-state index contributed by atoms with van der Waals surface area (Å²) in [6, 6.07) is 8.90. The first-order valence-electron chi connectivity index (χ1n) is 9.81. The summed E-state index contributed by atoms with van der Waals surface area (Å²) in [7, 11) is -2.24. The molecule has 10 heteroatoms. The Morgan fingerprint density at radius 1 is 1.13 bits per heavy atom. The molecule has 0 saturated carbocycles. The molecule has 1 aromatic heterocycles. The highest BCUT2D eigenvalue weighted by Gasteiger charge is 2.27. The molecule has 4 rings (SSSR count). The van der Waals surface area contributed by atoms with Gasteiger partial charge in [-0.3, -0.25) is 9.36 Å². The number of ether oxygens (including phenoxy) is 1. The molecule has 0 atom stereocenters. The number of oxazole rings is 1. The summed E-state index contributed by atoms with van der Waals surface area (Å²) in [5.74, 6) is -0.809. The number of methoxy groups -OCH3 is 1. The van der Waals surface area contributed by atoms with E-state index in [0.29, 0.717) is 29.4 Å². The van der Waals surface area contributed by atoms with Gasteiger partial charge in [0.25, 0.3) is 0 Å². The van der Waals surface area contributed by atoms with Gasteiger partial charge in [0.1, 0.15) is 5.75 Å². The number of fused-ring (bicyclic) bond motifs is 1. The van der Waals surface area contributed by atoms with Gasteiger partial charge in [0.2, 0.25) is 10.0 Å². The van der Waals surface area contributed by atoms with Crippen molar-refractivity contribution < 1.29 is 22.4 Å². The van der Waals surface area contributed by atoms with E-state index in [9.17, 15) is 18.0 Å². The first-order chi connectivity index (χ1) is 14.8. The third-order valence-electron chi connectivity index (χ3n) is 5.36. The van der Waals surface area contributed by atoms with Crippen LogP contribution in [0.15, 0.2) is 50.5 Å². The molecule has 164 valence electrons. The lowest BCUT2D eigenvalue weighted by Crippen LogP contribution is -2.35. The molecule has 31 heavy (non-hydrogen) atoms. The van der Waals surface area contributed by atoms with Gasteiger partial charge in [-0.1, -0.05) is 18.0 Å². The number of ketones is 1. The number of halogens is 1. The predicted octanol–water partition coefficient (Wildman–Crippen LogP) is 3.31. The van der Waals surface area contributed by atoms with Crippen molar-refractivity contribution in [1.29, 1.82) is 0 Å². The molecule has 2 aromatic carbocycles. The number of hydrogen-bond donors (Lipinski definition) is 0. The van der Waals surface area contributed by atoms with E-state index in [1.54, 1.807) is 12.1 Å². The van der Waals surface area contributed by atoms with Crippen molar-refractivity contribution in [3.8, 4) is 5.75 Å². The van der Waals surface area contributed by atoms with Gasteiger partial charge in [-0.05, 0) is 43.2 Å². The highest BCUT2D eigenvalue weighted by Crippen LogP contribution is 2.26. The Morgan fingerprint density at radius 3 is 2.58 bits per heavy atom. The molecule has 8 nitrogen and oxygen atoms in total. The van der Waals surface area contributed by atoms with E-state index in [4.69, 9.17) is 20.8 Å². The van der Waals surface area contributed by atoms with E-state index in [2.05, 4.69) is 0 Å². The number of piperidine rings is 1. The average Bonchev–Trinajstić information content (AvgIpc) is 3.08. The van der Waals surface area contributed by atoms with Crippen molar-refractivity contribution in [2.45, 2.75) is 30.7 Å². The molecule has 0 amide bonds. The molecule has 1 aliphatic rings. The second kappa shape index (κ2) is 8.49. The van der Waals surface area contributed by atoms with Crippen LogP contribution in [0.1, 0.15) is 29.6 Å². The lowest BCUT2D eigenvalue weighted by Gasteiger charge is -2.25. The molecule has 0 unspecified atom stereocenters. The molecule has 0 bridgehead atoms. The standard InChI is InChI=1S/C21H21ClN2O6S/c1-29-19-8-5-14(22)11-16(19)18(25)13-24-17-7-6-15(12-20(17)30-21(24)26)31(27,28)23-9-3-2-4-10-23/h5-8,11-12H,2-4,9-10,13H2,1H3. The maximum atomic E-state index is 12.9. The van der Waals surface area contributed by atoms with E-state index in [-0.39, 0.29) is 22.6 Å². The van der Waals surface area contributed by atoms with E-state index >= 15 is 0 Å². The minimum Gasteiger partial charge on any atom is -0.496 e. The van der Waals surface area contributed by atoms with Crippen LogP contribution in [0.2, 0.25) is 5.02 Å². The third kappa shape index (κ3) is 4.13. The molecule has 1 aliphatic heterocycles. The van der Waals surface area contributed by atoms with Crippen molar-refractivity contribution >= 4 is 38.5 Å². The first kappa shape index (κ1) is 21.6. The highest BCUT2D eigenvalue weighted by molar-refractivity contribution is 7.89. The van der Waals surface area contributed by atoms with Crippen LogP contribution in [0.25, 0.3) is 11.1 Å². The van der Waals surface area contributed by atoms with Gasteiger partial charge in [-0.15, -0.1) is 0 Å². The monoisotopic (exact) mass is 464 g/mol. The summed E-state index contributed by atoms with van der Waals surface area (Å²) >= 11 is 5.99. The van der Waals surface area contributed by atoms with Crippen molar-refractivity contribution in [1.82, 2.24) is 8.87 Å². The SMILES string of the molecule is COc1ccc(Cl)cc1C(=O)Cn1c(=O)oc2cc(S(=O)(=O)N3CCCCC3)ccc21. The Kier molecular flexibility index (Phi) is 5.92. The van der Waals surface area contributed by atoms with E-state index < -0.39 is 21.6 Å². The lowest BCUT2D eigenvalue weighted by molar-refractivity contribution is 0.0967. The topological polar surface area (TPSA) is 98.8 Å². The van der Waals surface area contributed by atoms with Gasteiger partial charge in [0.05, 0.1) is 29.6 Å². The Balaban J connectivity index is 1.68. The predicted molar refractivity (Wildman–Crippen MR) is 115 cm³/mol. The van der Waals surface area contributed by atoms with Crippen LogP contribution in [0.4, 0.5) is 0 Å². The minimum atomic E-state index is -3.67. The third-order valence-corrected chi connectivity index (χ3v) is 7.49. The normalized spacial score (nSPS) is 15.3. The van der Waals surface area contributed by atoms with Gasteiger partial charge in [0.15, 0.2) is 11.4 Å². The number of Topliss-reactive ketones (excluding diaryl/α,β-unsaturated/α-hetero) is 1. The van der Waals surface area contributed by atoms with E-state index in [1.807, 2.05) is 0 Å². The van der Waals surface area contributed by atoms with Crippen molar-refractivity contribution in [2.24, 2.45) is 0 Å². The van der Waals surface area contributed by atoms with Crippen molar-refractivity contribution in [3.63, 3.8) is 0 Å². The number of carbonyl (C=O) groups excluding carboxylic acids is 1. The van der Waals surface area contributed by atoms with Crippen LogP contribution >= 0.6 is 11.6 Å². The molecule has 1 saturated heterocycles. The van der Waals surface area contributed by atoms with Crippen LogP contribution in [0.5, 0.6) is 5.75 Å². The fourth-order valence-electron chi connectivity index (χ4n) is 3.74. The summed E-state index contributed by atoms with van der Waals surface area (Å²) in [6.45, 7) is 0.642. The number of carbonyl (C=O) groups is 1. The van der Waals surface area contributed by atoms with Gasteiger partial charge in [-0.2, -0.15) is 4.31 Å². The summed E-state index contributed by atoms with van der Waals surface area (Å²) < 4.78 is 38.9. The number of nitrogens with zero attached hydrogens (tertiary/aromatic N) is 2. The Hall–Kier alpha value is -2.62. The van der Waals surface area contributed by atoms with Gasteiger partial charge < -0.3 is 9.15 Å². The summed E-state index contributed by atoms with van der Waals surface area (Å²) in [5.41, 5.74) is 0.673. The lowest BCUT2D eigenvalue weighted by atomic mass is 10.1. The Labute approximate surface area is 184 Å². The zero-order chi connectivity index (χ0) is 22.2. The Morgan fingerprint density at radius 2 is 1.87 bits per heavy atom. The van der Waals surface area contributed by atoms with Crippen LogP contribution in [0.3, 0.4) is 0 Å². The Bertz CT molecular complexity index is 1310. The number of benzene rings is 2. The number of aromatic nitrogens is 1. The minimum absolute atomic E-state index is 0.0608. The van der Waals surface area contributed by atoms with Gasteiger partial charge in [0, 0.05) is 24.2 Å². The smallest absolute Gasteiger partial charge is 0.420 e. The van der Waals surface area contributed by atoms with Crippen molar-refractivity contribution in [2.75, 3.05) is 20.2 Å². The molecule has 2 heterocycles. The molecular weight excluding hydrogens is 444 g/mol. The number of rotatable bonds is 6. The molecule has 1 fully saturated rings. The quantitative estimate of drug-likeness (QED) is 0.519. The molecular formula is C21H21ClN2O6S. The summed E-state index contributed by atoms with van der Waals surface area (Å²) in [4.78, 5) is 25.3. The molecule has 0 N–H and O–H groups in total. The van der Waals surface area contributed by atoms with Crippen LogP contribution in [0, 0.1) is 0 Å². The number of sulfonamides is 1. The fraction of sp³-hybridized carbons (Fsp3) is 0.333. The molecule has 0 spiro atoms. The highest BCUT2D eigenvalue weighted by atomic mass is 35.5. The first-order valence-corrected chi connectivity index (χ1v) is 11.6. The number of hydrogen-bond acceptors (Lipinski definition) is 6. The second-order valence-electron chi connectivity index (χ2n) is 7.32. The summed E-state index contributed by atoms with van der Waals surface area (Å²) in [5, 5.41) is 0.362. The molecule has 3 aromatic rings.